The van der Waals surface area contributed by atoms with Crippen LogP contribution in [0.5, 0.6) is 5.75 Å². The molecule has 2 nitrogen and oxygen atoms in total. The number of ether oxygens (including phenoxy) is 1. The van der Waals surface area contributed by atoms with Crippen LogP contribution in [-0.2, 0) is 0 Å². The molecule has 94 valence electrons. The molecule has 1 fully saturated rings. The van der Waals surface area contributed by atoms with Crippen LogP contribution in [0.2, 0.25) is 5.02 Å². The molecule has 0 saturated heterocycles. The fraction of sp³-hybridized carbons (Fsp3) is 0.571. The molecule has 0 amide bonds. The molecule has 1 unspecified atom stereocenters. The number of hydrogen-bond donors (Lipinski definition) is 1. The number of nitrogens with two attached hydrogens (primary N) is 1. The third-order valence-corrected chi connectivity index (χ3v) is 3.77. The summed E-state index contributed by atoms with van der Waals surface area (Å²) in [7, 11) is 0. The molecule has 1 aromatic rings. The lowest BCUT2D eigenvalue weighted by Gasteiger charge is -2.27. The fourth-order valence-corrected chi connectivity index (χ4v) is 2.24. The molecule has 0 aromatic heterocycles. The molecule has 1 atom stereocenters. The highest BCUT2D eigenvalue weighted by Gasteiger charge is 2.20. The Kier molecular flexibility index (Phi) is 4.30. The first-order valence-electron chi connectivity index (χ1n) is 6.37. The molecule has 3 heteroatoms. The molecule has 1 aliphatic carbocycles. The highest BCUT2D eigenvalue weighted by Crippen LogP contribution is 2.33. The number of benzene rings is 1. The lowest BCUT2D eigenvalue weighted by Crippen LogP contribution is -2.24. The zero-order chi connectivity index (χ0) is 12.3. The average molecular weight is 254 g/mol. The molecule has 1 saturated carbocycles. The van der Waals surface area contributed by atoms with Crippen LogP contribution >= 0.6 is 11.6 Å². The van der Waals surface area contributed by atoms with Crippen molar-refractivity contribution >= 4 is 11.6 Å². The van der Waals surface area contributed by atoms with E-state index in [1.54, 1.807) is 0 Å². The van der Waals surface area contributed by atoms with Gasteiger partial charge in [0, 0.05) is 0 Å². The molecule has 0 heterocycles. The van der Waals surface area contributed by atoms with E-state index in [1.807, 2.05) is 12.1 Å². The van der Waals surface area contributed by atoms with E-state index in [4.69, 9.17) is 22.1 Å². The quantitative estimate of drug-likeness (QED) is 0.868. The number of halogens is 1. The zero-order valence-corrected chi connectivity index (χ0v) is 11.0. The van der Waals surface area contributed by atoms with Gasteiger partial charge < -0.3 is 10.5 Å². The van der Waals surface area contributed by atoms with Crippen molar-refractivity contribution < 1.29 is 4.74 Å². The lowest BCUT2D eigenvalue weighted by atomic mass is 9.96. The topological polar surface area (TPSA) is 35.2 Å². The van der Waals surface area contributed by atoms with Gasteiger partial charge in [0.25, 0.3) is 0 Å². The minimum atomic E-state index is 0.375. The van der Waals surface area contributed by atoms with Crippen molar-refractivity contribution in [3.8, 4) is 5.75 Å². The summed E-state index contributed by atoms with van der Waals surface area (Å²) >= 11 is 6.24. The second-order valence-corrected chi connectivity index (χ2v) is 5.25. The second-order valence-electron chi connectivity index (χ2n) is 4.84. The third-order valence-electron chi connectivity index (χ3n) is 3.47. The van der Waals surface area contributed by atoms with E-state index in [-0.39, 0.29) is 0 Å². The van der Waals surface area contributed by atoms with E-state index in [9.17, 15) is 0 Å². The van der Waals surface area contributed by atoms with Gasteiger partial charge in [0.1, 0.15) is 5.75 Å². The van der Waals surface area contributed by atoms with E-state index >= 15 is 0 Å². The van der Waals surface area contributed by atoms with Crippen LogP contribution in [0.1, 0.15) is 44.1 Å². The standard InChI is InChI=1S/C14H20ClNO/c1-10(7-8-16)11-5-6-14(13(15)9-11)17-12-3-2-4-12/h5-6,9-10,12H,2-4,7-8,16H2,1H3. The summed E-state index contributed by atoms with van der Waals surface area (Å²) in [5.41, 5.74) is 6.81. The van der Waals surface area contributed by atoms with Gasteiger partial charge in [-0.2, -0.15) is 0 Å². The molecule has 2 N–H and O–H groups in total. The maximum absolute atomic E-state index is 6.24. The molecule has 1 aromatic carbocycles. The van der Waals surface area contributed by atoms with Crippen LogP contribution < -0.4 is 10.5 Å². The smallest absolute Gasteiger partial charge is 0.138 e. The largest absolute Gasteiger partial charge is 0.489 e. The Morgan fingerprint density at radius 2 is 2.24 bits per heavy atom. The molecule has 0 spiro atoms. The monoisotopic (exact) mass is 253 g/mol. The number of hydrogen-bond acceptors (Lipinski definition) is 2. The van der Waals surface area contributed by atoms with Crippen LogP contribution in [-0.4, -0.2) is 12.6 Å². The van der Waals surface area contributed by atoms with Crippen molar-refractivity contribution in [2.24, 2.45) is 5.73 Å². The van der Waals surface area contributed by atoms with Gasteiger partial charge in [0.05, 0.1) is 11.1 Å². The molecular formula is C14H20ClNO. The van der Waals surface area contributed by atoms with E-state index in [0.29, 0.717) is 18.6 Å². The van der Waals surface area contributed by atoms with Crippen LogP contribution in [0, 0.1) is 0 Å². The summed E-state index contributed by atoms with van der Waals surface area (Å²) in [6.45, 7) is 2.88. The fourth-order valence-electron chi connectivity index (χ4n) is 2.00. The average Bonchev–Trinajstić information content (AvgIpc) is 2.25. The first-order chi connectivity index (χ1) is 8.20. The predicted molar refractivity (Wildman–Crippen MR) is 71.8 cm³/mol. The number of rotatable bonds is 5. The second kappa shape index (κ2) is 5.74. The van der Waals surface area contributed by atoms with E-state index in [0.717, 1.165) is 30.0 Å². The minimum absolute atomic E-state index is 0.375. The Hall–Kier alpha value is -0.730. The van der Waals surface area contributed by atoms with Crippen molar-refractivity contribution in [2.45, 2.75) is 44.6 Å². The summed E-state index contributed by atoms with van der Waals surface area (Å²) in [6.07, 6.45) is 4.94. The lowest BCUT2D eigenvalue weighted by molar-refractivity contribution is 0.120. The maximum atomic E-state index is 6.24. The molecule has 2 rings (SSSR count). The first-order valence-corrected chi connectivity index (χ1v) is 6.74. The highest BCUT2D eigenvalue weighted by atomic mass is 35.5. The van der Waals surface area contributed by atoms with Crippen molar-refractivity contribution in [3.05, 3.63) is 28.8 Å². The summed E-state index contributed by atoms with van der Waals surface area (Å²) in [4.78, 5) is 0. The molecular weight excluding hydrogens is 234 g/mol. The molecule has 0 bridgehead atoms. The molecule has 0 radical (unpaired) electrons. The molecule has 17 heavy (non-hydrogen) atoms. The van der Waals surface area contributed by atoms with E-state index < -0.39 is 0 Å². The zero-order valence-electron chi connectivity index (χ0n) is 10.3. The van der Waals surface area contributed by atoms with Gasteiger partial charge in [0.15, 0.2) is 0 Å². The molecule has 1 aliphatic rings. The van der Waals surface area contributed by atoms with E-state index in [1.165, 1.54) is 12.0 Å². The Morgan fingerprint density at radius 1 is 1.47 bits per heavy atom. The van der Waals surface area contributed by atoms with Crippen LogP contribution in [0.4, 0.5) is 0 Å². The Balaban J connectivity index is 2.04. The van der Waals surface area contributed by atoms with Gasteiger partial charge in [-0.05, 0) is 55.8 Å². The Bertz CT molecular complexity index is 376. The summed E-state index contributed by atoms with van der Waals surface area (Å²) in [5.74, 6) is 1.27. The van der Waals surface area contributed by atoms with Gasteiger partial charge in [-0.15, -0.1) is 0 Å². The summed E-state index contributed by atoms with van der Waals surface area (Å²) < 4.78 is 5.82. The van der Waals surface area contributed by atoms with Crippen LogP contribution in [0.25, 0.3) is 0 Å². The highest BCUT2D eigenvalue weighted by molar-refractivity contribution is 6.32. The Labute approximate surface area is 108 Å². The Morgan fingerprint density at radius 3 is 2.76 bits per heavy atom. The van der Waals surface area contributed by atoms with Crippen LogP contribution in [0.15, 0.2) is 18.2 Å². The summed E-state index contributed by atoms with van der Waals surface area (Å²) in [6, 6.07) is 6.10. The normalized spacial score (nSPS) is 17.6. The summed E-state index contributed by atoms with van der Waals surface area (Å²) in [5, 5.41) is 0.721. The predicted octanol–water partition coefficient (Wildman–Crippen LogP) is 3.72. The van der Waals surface area contributed by atoms with Gasteiger partial charge in [0.2, 0.25) is 0 Å². The molecule has 0 aliphatic heterocycles. The SMILES string of the molecule is CC(CCN)c1ccc(OC2CCC2)c(Cl)c1. The van der Waals surface area contributed by atoms with Crippen molar-refractivity contribution in [3.63, 3.8) is 0 Å². The van der Waals surface area contributed by atoms with Gasteiger partial charge >= 0.3 is 0 Å². The third kappa shape index (κ3) is 3.14. The maximum Gasteiger partial charge on any atom is 0.138 e. The van der Waals surface area contributed by atoms with Gasteiger partial charge in [-0.1, -0.05) is 24.6 Å². The van der Waals surface area contributed by atoms with Crippen molar-refractivity contribution in [1.29, 1.82) is 0 Å². The van der Waals surface area contributed by atoms with Crippen LogP contribution in [0.3, 0.4) is 0 Å². The van der Waals surface area contributed by atoms with Gasteiger partial charge in [-0.25, -0.2) is 0 Å². The van der Waals surface area contributed by atoms with Crippen molar-refractivity contribution in [2.75, 3.05) is 6.54 Å². The van der Waals surface area contributed by atoms with Crippen molar-refractivity contribution in [1.82, 2.24) is 0 Å². The van der Waals surface area contributed by atoms with Gasteiger partial charge in [-0.3, -0.25) is 0 Å². The van der Waals surface area contributed by atoms with E-state index in [2.05, 4.69) is 13.0 Å². The first kappa shape index (κ1) is 12.7. The minimum Gasteiger partial charge on any atom is -0.489 e.